The van der Waals surface area contributed by atoms with Crippen molar-refractivity contribution < 1.29 is 28.6 Å². The Kier molecular flexibility index (Phi) is 66.2. The molecule has 0 heterocycles. The second-order valence-corrected chi connectivity index (χ2v) is 26.4. The third kappa shape index (κ3) is 65.8. The van der Waals surface area contributed by atoms with E-state index in [0.29, 0.717) is 19.3 Å². The van der Waals surface area contributed by atoms with Gasteiger partial charge in [0.15, 0.2) is 6.10 Å². The summed E-state index contributed by atoms with van der Waals surface area (Å²) >= 11 is 0. The lowest BCUT2D eigenvalue weighted by atomic mass is 9.99. The summed E-state index contributed by atoms with van der Waals surface area (Å²) in [5.41, 5.74) is 0. The third-order valence-corrected chi connectivity index (χ3v) is 18.2. The Morgan fingerprint density at radius 1 is 0.247 bits per heavy atom. The summed E-state index contributed by atoms with van der Waals surface area (Å²) in [6, 6.07) is 0. The zero-order valence-corrected chi connectivity index (χ0v) is 55.9. The Bertz CT molecular complexity index is 1250. The Hall–Kier alpha value is -1.59. The SMILES string of the molecule is CCCCCCCCCCCCCCCCCCCCCC(=O)OC[C@@H](COC(=O)CCCCCCCCCCCCCCCCCCCCC(C)CC)OC(=O)CCCCCCCCCCCCCCCCCCCCC(C)CC. The molecule has 3 atom stereocenters. The molecule has 0 aromatic carbocycles. The van der Waals surface area contributed by atoms with Crippen molar-refractivity contribution in [3.8, 4) is 0 Å². The zero-order chi connectivity index (χ0) is 58.8. The van der Waals surface area contributed by atoms with Crippen molar-refractivity contribution in [1.29, 1.82) is 0 Å². The molecule has 6 heteroatoms. The number of esters is 3. The van der Waals surface area contributed by atoms with Crippen molar-refractivity contribution in [3.05, 3.63) is 0 Å². The highest BCUT2D eigenvalue weighted by Gasteiger charge is 2.20. The van der Waals surface area contributed by atoms with Crippen molar-refractivity contribution in [2.45, 2.75) is 439 Å². The topological polar surface area (TPSA) is 78.9 Å². The molecule has 0 N–H and O–H groups in total. The van der Waals surface area contributed by atoms with E-state index in [1.807, 2.05) is 0 Å². The molecule has 0 aliphatic rings. The van der Waals surface area contributed by atoms with Crippen LogP contribution in [0.4, 0.5) is 0 Å². The number of hydrogen-bond acceptors (Lipinski definition) is 6. The van der Waals surface area contributed by atoms with E-state index in [9.17, 15) is 14.4 Å². The van der Waals surface area contributed by atoms with Crippen LogP contribution in [0.5, 0.6) is 0 Å². The van der Waals surface area contributed by atoms with E-state index in [1.165, 1.54) is 321 Å². The second kappa shape index (κ2) is 67.5. The van der Waals surface area contributed by atoms with Gasteiger partial charge < -0.3 is 14.2 Å². The average Bonchev–Trinajstić information content (AvgIpc) is 3.47. The molecule has 482 valence electrons. The summed E-state index contributed by atoms with van der Waals surface area (Å²) in [5.74, 6) is 0.999. The summed E-state index contributed by atoms with van der Waals surface area (Å²) in [6.07, 6.45) is 78.3. The summed E-state index contributed by atoms with van der Waals surface area (Å²) in [5, 5.41) is 0. The monoisotopic (exact) mass is 1140 g/mol. The fraction of sp³-hybridized carbons (Fsp3) is 0.960. The summed E-state index contributed by atoms with van der Waals surface area (Å²) in [6.45, 7) is 11.6. The molecular formula is C75H146O6. The van der Waals surface area contributed by atoms with Gasteiger partial charge in [-0.3, -0.25) is 14.4 Å². The summed E-state index contributed by atoms with van der Waals surface area (Å²) in [7, 11) is 0. The molecule has 0 radical (unpaired) electrons. The minimum Gasteiger partial charge on any atom is -0.462 e. The van der Waals surface area contributed by atoms with Crippen LogP contribution in [0.3, 0.4) is 0 Å². The number of ether oxygens (including phenoxy) is 3. The van der Waals surface area contributed by atoms with Crippen molar-refractivity contribution in [1.82, 2.24) is 0 Å². The van der Waals surface area contributed by atoms with Crippen molar-refractivity contribution >= 4 is 17.9 Å². The minimum atomic E-state index is -0.765. The second-order valence-electron chi connectivity index (χ2n) is 26.4. The highest BCUT2D eigenvalue weighted by atomic mass is 16.6. The molecule has 0 aromatic rings. The van der Waals surface area contributed by atoms with Gasteiger partial charge in [0.2, 0.25) is 0 Å². The van der Waals surface area contributed by atoms with Crippen LogP contribution < -0.4 is 0 Å². The molecule has 0 spiro atoms. The lowest BCUT2D eigenvalue weighted by Crippen LogP contribution is -2.30. The molecule has 0 amide bonds. The van der Waals surface area contributed by atoms with E-state index >= 15 is 0 Å². The molecule has 0 rings (SSSR count). The maximum atomic E-state index is 13.0. The van der Waals surface area contributed by atoms with Crippen molar-refractivity contribution in [2.75, 3.05) is 13.2 Å². The molecule has 0 fully saturated rings. The summed E-state index contributed by atoms with van der Waals surface area (Å²) < 4.78 is 17.1. The first-order chi connectivity index (χ1) is 39.8. The van der Waals surface area contributed by atoms with Crippen LogP contribution >= 0.6 is 0 Å². The first-order valence-corrected chi connectivity index (χ1v) is 37.3. The number of hydrogen-bond donors (Lipinski definition) is 0. The van der Waals surface area contributed by atoms with Gasteiger partial charge in [-0.2, -0.15) is 0 Å². The largest absolute Gasteiger partial charge is 0.462 e. The summed E-state index contributed by atoms with van der Waals surface area (Å²) in [4.78, 5) is 38.6. The predicted octanol–water partition coefficient (Wildman–Crippen LogP) is 25.5. The minimum absolute atomic E-state index is 0.0608. The van der Waals surface area contributed by atoms with Crippen LogP contribution in [-0.2, 0) is 28.6 Å². The van der Waals surface area contributed by atoms with Crippen molar-refractivity contribution in [2.24, 2.45) is 11.8 Å². The van der Waals surface area contributed by atoms with Gasteiger partial charge in [-0.15, -0.1) is 0 Å². The van der Waals surface area contributed by atoms with E-state index in [0.717, 1.165) is 69.6 Å². The molecule has 0 aliphatic heterocycles. The molecular weight excluding hydrogens is 997 g/mol. The maximum absolute atomic E-state index is 13.0. The first kappa shape index (κ1) is 79.4. The zero-order valence-electron chi connectivity index (χ0n) is 55.9. The molecule has 0 bridgehead atoms. The van der Waals surface area contributed by atoms with Gasteiger partial charge in [0.25, 0.3) is 0 Å². The molecule has 0 saturated carbocycles. The Morgan fingerprint density at radius 2 is 0.432 bits per heavy atom. The molecule has 0 saturated heterocycles. The highest BCUT2D eigenvalue weighted by Crippen LogP contribution is 2.21. The molecule has 0 aromatic heterocycles. The van der Waals surface area contributed by atoms with Gasteiger partial charge in [-0.05, 0) is 31.1 Å². The predicted molar refractivity (Wildman–Crippen MR) is 353 cm³/mol. The van der Waals surface area contributed by atoms with Crippen LogP contribution in [0, 0.1) is 11.8 Å². The molecule has 6 nitrogen and oxygen atoms in total. The fourth-order valence-corrected chi connectivity index (χ4v) is 11.8. The standard InChI is InChI=1S/C75H146O6/c1-6-9-10-11-12-13-14-15-16-17-18-25-30-35-40-45-50-55-60-65-73(76)79-68-72(81-75(78)67-62-57-52-47-42-37-32-27-22-20-24-29-34-39-44-49-54-59-64-71(5)8-3)69-80-74(77)66-61-56-51-46-41-36-31-26-21-19-23-28-33-38-43-48-53-58-63-70(4)7-2/h70-72H,6-69H2,1-5H3/t70?,71?,72-/m0/s1. The lowest BCUT2D eigenvalue weighted by molar-refractivity contribution is -0.167. The fourth-order valence-electron chi connectivity index (χ4n) is 11.8. The smallest absolute Gasteiger partial charge is 0.306 e. The molecule has 2 unspecified atom stereocenters. The third-order valence-electron chi connectivity index (χ3n) is 18.2. The molecule has 81 heavy (non-hydrogen) atoms. The van der Waals surface area contributed by atoms with E-state index < -0.39 is 6.10 Å². The van der Waals surface area contributed by atoms with Crippen LogP contribution in [0.25, 0.3) is 0 Å². The van der Waals surface area contributed by atoms with E-state index in [-0.39, 0.29) is 31.1 Å². The van der Waals surface area contributed by atoms with E-state index in [1.54, 1.807) is 0 Å². The Labute approximate surface area is 508 Å². The number of carbonyl (C=O) groups is 3. The highest BCUT2D eigenvalue weighted by molar-refractivity contribution is 5.71. The van der Waals surface area contributed by atoms with Crippen LogP contribution in [0.1, 0.15) is 433 Å². The first-order valence-electron chi connectivity index (χ1n) is 37.3. The van der Waals surface area contributed by atoms with Crippen molar-refractivity contribution in [3.63, 3.8) is 0 Å². The van der Waals surface area contributed by atoms with Gasteiger partial charge in [0, 0.05) is 19.3 Å². The number of rotatable bonds is 69. The number of unbranched alkanes of at least 4 members (excludes halogenated alkanes) is 52. The quantitative estimate of drug-likeness (QED) is 0.0343. The average molecular weight is 1140 g/mol. The van der Waals surface area contributed by atoms with Crippen LogP contribution in [0.2, 0.25) is 0 Å². The Morgan fingerprint density at radius 3 is 0.642 bits per heavy atom. The van der Waals surface area contributed by atoms with E-state index in [4.69, 9.17) is 14.2 Å². The Balaban J connectivity index is 4.27. The van der Waals surface area contributed by atoms with Crippen LogP contribution in [-0.4, -0.2) is 37.2 Å². The number of carbonyl (C=O) groups excluding carboxylic acids is 3. The van der Waals surface area contributed by atoms with Gasteiger partial charge in [0.05, 0.1) is 0 Å². The van der Waals surface area contributed by atoms with Gasteiger partial charge in [0.1, 0.15) is 13.2 Å². The van der Waals surface area contributed by atoms with Gasteiger partial charge in [-0.25, -0.2) is 0 Å². The lowest BCUT2D eigenvalue weighted by Gasteiger charge is -2.18. The van der Waals surface area contributed by atoms with Gasteiger partial charge >= 0.3 is 17.9 Å². The maximum Gasteiger partial charge on any atom is 0.306 e. The van der Waals surface area contributed by atoms with Crippen LogP contribution in [0.15, 0.2) is 0 Å². The normalized spacial score (nSPS) is 12.7. The van der Waals surface area contributed by atoms with E-state index in [2.05, 4.69) is 34.6 Å². The molecule has 0 aliphatic carbocycles. The van der Waals surface area contributed by atoms with Gasteiger partial charge in [-0.1, -0.05) is 394 Å².